The molecular weight excluding hydrogens is 182 g/mol. The topological polar surface area (TPSA) is 87.0 Å². The van der Waals surface area contributed by atoms with Gasteiger partial charge in [-0.3, -0.25) is 0 Å². The Hall–Kier alpha value is -2.24. The van der Waals surface area contributed by atoms with Crippen molar-refractivity contribution in [3.63, 3.8) is 0 Å². The Morgan fingerprint density at radius 3 is 2.71 bits per heavy atom. The number of tetrazole rings is 1. The van der Waals surface area contributed by atoms with Crippen LogP contribution in [0, 0.1) is 0 Å². The molecule has 2 aromatic rings. The number of phenolic OH excluding ortho intramolecular Hbond substituents is 1. The Morgan fingerprint density at radius 1 is 1.29 bits per heavy atom. The van der Waals surface area contributed by atoms with Gasteiger partial charge in [-0.25, -0.2) is 4.99 Å². The molecule has 1 aromatic carbocycles. The van der Waals surface area contributed by atoms with Crippen molar-refractivity contribution in [3.05, 3.63) is 29.8 Å². The van der Waals surface area contributed by atoms with Gasteiger partial charge in [-0.2, -0.15) is 5.21 Å². The van der Waals surface area contributed by atoms with Crippen LogP contribution in [0.4, 0.5) is 5.95 Å². The normalized spacial score (nSPS) is 10.9. The number of rotatable bonds is 2. The lowest BCUT2D eigenvalue weighted by Gasteiger charge is -1.91. The van der Waals surface area contributed by atoms with Gasteiger partial charge < -0.3 is 5.11 Å². The minimum atomic E-state index is 0.224. The van der Waals surface area contributed by atoms with Gasteiger partial charge in [0.1, 0.15) is 5.75 Å². The zero-order chi connectivity index (χ0) is 9.80. The average Bonchev–Trinajstić information content (AvgIpc) is 2.70. The van der Waals surface area contributed by atoms with Crippen molar-refractivity contribution in [1.29, 1.82) is 0 Å². The van der Waals surface area contributed by atoms with E-state index in [9.17, 15) is 0 Å². The maximum Gasteiger partial charge on any atom is 0.288 e. The van der Waals surface area contributed by atoms with Gasteiger partial charge in [-0.1, -0.05) is 5.10 Å². The number of aliphatic imine (C=N–C) groups is 1. The summed E-state index contributed by atoms with van der Waals surface area (Å²) < 4.78 is 0. The van der Waals surface area contributed by atoms with Crippen LogP contribution < -0.4 is 0 Å². The van der Waals surface area contributed by atoms with Crippen LogP contribution in [0.3, 0.4) is 0 Å². The standard InChI is InChI=1S/C8H7N5O/c14-7-3-1-6(2-4-7)5-9-8-10-12-13-11-8/h1-5,14H,(H,10,11,12,13). The van der Waals surface area contributed by atoms with Gasteiger partial charge in [-0.15, -0.1) is 5.10 Å². The molecule has 70 valence electrons. The molecule has 0 fully saturated rings. The predicted molar refractivity (Wildman–Crippen MR) is 49.5 cm³/mol. The van der Waals surface area contributed by atoms with E-state index in [1.807, 2.05) is 0 Å². The van der Waals surface area contributed by atoms with Gasteiger partial charge in [0, 0.05) is 6.21 Å². The van der Waals surface area contributed by atoms with E-state index < -0.39 is 0 Å². The van der Waals surface area contributed by atoms with Gasteiger partial charge in [0.05, 0.1) is 0 Å². The summed E-state index contributed by atoms with van der Waals surface area (Å²) in [4.78, 5) is 3.94. The first-order chi connectivity index (χ1) is 6.84. The van der Waals surface area contributed by atoms with E-state index >= 15 is 0 Å². The molecule has 14 heavy (non-hydrogen) atoms. The number of H-pyrrole nitrogens is 1. The first-order valence-corrected chi connectivity index (χ1v) is 3.91. The molecule has 1 heterocycles. The number of aromatic hydroxyl groups is 1. The lowest BCUT2D eigenvalue weighted by atomic mass is 10.2. The first-order valence-electron chi connectivity index (χ1n) is 3.91. The van der Waals surface area contributed by atoms with E-state index in [0.717, 1.165) is 5.56 Å². The number of hydrogen-bond donors (Lipinski definition) is 2. The van der Waals surface area contributed by atoms with Crippen LogP contribution in [-0.4, -0.2) is 31.9 Å². The van der Waals surface area contributed by atoms with Crippen LogP contribution in [-0.2, 0) is 0 Å². The van der Waals surface area contributed by atoms with Crippen LogP contribution >= 0.6 is 0 Å². The minimum absolute atomic E-state index is 0.224. The summed E-state index contributed by atoms with van der Waals surface area (Å²) in [5.41, 5.74) is 0.854. The number of aromatic amines is 1. The molecule has 0 bridgehead atoms. The van der Waals surface area contributed by atoms with Crippen LogP contribution in [0.25, 0.3) is 0 Å². The summed E-state index contributed by atoms with van der Waals surface area (Å²) in [6.07, 6.45) is 1.59. The molecule has 2 rings (SSSR count). The molecule has 6 nitrogen and oxygen atoms in total. The van der Waals surface area contributed by atoms with Gasteiger partial charge in [0.25, 0.3) is 5.95 Å². The highest BCUT2D eigenvalue weighted by Gasteiger charge is 1.92. The quantitative estimate of drug-likeness (QED) is 0.679. The van der Waals surface area contributed by atoms with Gasteiger partial charge in [-0.05, 0) is 35.0 Å². The largest absolute Gasteiger partial charge is 0.508 e. The van der Waals surface area contributed by atoms with E-state index in [4.69, 9.17) is 5.11 Å². The maximum atomic E-state index is 9.02. The zero-order valence-corrected chi connectivity index (χ0v) is 7.12. The molecular formula is C8H7N5O. The summed E-state index contributed by atoms with van der Waals surface area (Å²) in [7, 11) is 0. The molecule has 0 saturated carbocycles. The number of nitrogens with zero attached hydrogens (tertiary/aromatic N) is 4. The van der Waals surface area contributed by atoms with Gasteiger partial charge in [0.15, 0.2) is 0 Å². The van der Waals surface area contributed by atoms with Crippen LogP contribution in [0.15, 0.2) is 29.3 Å². The molecule has 0 saturated heterocycles. The maximum absolute atomic E-state index is 9.02. The summed E-state index contributed by atoms with van der Waals surface area (Å²) in [5, 5.41) is 22.0. The molecule has 0 spiro atoms. The van der Waals surface area contributed by atoms with E-state index in [1.54, 1.807) is 30.5 Å². The highest BCUT2D eigenvalue weighted by Crippen LogP contribution is 2.08. The summed E-state index contributed by atoms with van der Waals surface area (Å²) in [5.74, 6) is 0.500. The molecule has 2 N–H and O–H groups in total. The van der Waals surface area contributed by atoms with Crippen molar-refractivity contribution in [1.82, 2.24) is 20.6 Å². The summed E-state index contributed by atoms with van der Waals surface area (Å²) in [6.45, 7) is 0. The molecule has 0 amide bonds. The smallest absolute Gasteiger partial charge is 0.288 e. The molecule has 0 atom stereocenters. The van der Waals surface area contributed by atoms with E-state index in [0.29, 0.717) is 0 Å². The van der Waals surface area contributed by atoms with Crippen molar-refractivity contribution in [2.75, 3.05) is 0 Å². The SMILES string of the molecule is Oc1ccc(C=Nc2nn[nH]n2)cc1. The van der Waals surface area contributed by atoms with Crippen LogP contribution in [0.1, 0.15) is 5.56 Å². The second kappa shape index (κ2) is 3.65. The highest BCUT2D eigenvalue weighted by molar-refractivity contribution is 5.81. The van der Waals surface area contributed by atoms with Crippen molar-refractivity contribution in [2.45, 2.75) is 0 Å². The van der Waals surface area contributed by atoms with Crippen LogP contribution in [0.5, 0.6) is 5.75 Å². The third-order valence-electron chi connectivity index (χ3n) is 1.56. The van der Waals surface area contributed by atoms with Crippen LogP contribution in [0.2, 0.25) is 0 Å². The number of phenols is 1. The fraction of sp³-hybridized carbons (Fsp3) is 0. The van der Waals surface area contributed by atoms with Crippen molar-refractivity contribution < 1.29 is 5.11 Å². The predicted octanol–water partition coefficient (Wildman–Crippen LogP) is 0.656. The molecule has 0 aliphatic carbocycles. The average molecular weight is 189 g/mol. The Morgan fingerprint density at radius 2 is 2.07 bits per heavy atom. The molecule has 1 aromatic heterocycles. The van der Waals surface area contributed by atoms with Gasteiger partial charge in [0.2, 0.25) is 0 Å². The molecule has 0 aliphatic rings. The zero-order valence-electron chi connectivity index (χ0n) is 7.12. The second-order valence-electron chi connectivity index (χ2n) is 2.56. The second-order valence-corrected chi connectivity index (χ2v) is 2.56. The minimum Gasteiger partial charge on any atom is -0.508 e. The monoisotopic (exact) mass is 189 g/mol. The van der Waals surface area contributed by atoms with E-state index in [2.05, 4.69) is 25.6 Å². The highest BCUT2D eigenvalue weighted by atomic mass is 16.3. The van der Waals surface area contributed by atoms with Crippen molar-refractivity contribution in [2.24, 2.45) is 4.99 Å². The third kappa shape index (κ3) is 1.92. The molecule has 0 unspecified atom stereocenters. The lowest BCUT2D eigenvalue weighted by molar-refractivity contribution is 0.475. The van der Waals surface area contributed by atoms with E-state index in [1.165, 1.54) is 0 Å². The third-order valence-corrected chi connectivity index (χ3v) is 1.56. The van der Waals surface area contributed by atoms with Crippen molar-refractivity contribution in [3.8, 4) is 5.75 Å². The Kier molecular flexibility index (Phi) is 2.18. The number of benzene rings is 1. The Labute approximate surface area is 79.3 Å². The number of nitrogens with one attached hydrogen (secondary N) is 1. The fourth-order valence-electron chi connectivity index (χ4n) is 0.904. The Balaban J connectivity index is 2.15. The van der Waals surface area contributed by atoms with E-state index in [-0.39, 0.29) is 11.7 Å². The summed E-state index contributed by atoms with van der Waals surface area (Å²) in [6, 6.07) is 6.63. The first kappa shape index (κ1) is 8.36. The summed E-state index contributed by atoms with van der Waals surface area (Å²) >= 11 is 0. The molecule has 0 aliphatic heterocycles. The molecule has 6 heteroatoms. The Bertz CT molecular complexity index is 420. The van der Waals surface area contributed by atoms with Gasteiger partial charge >= 0.3 is 0 Å². The molecule has 0 radical (unpaired) electrons. The lowest BCUT2D eigenvalue weighted by Crippen LogP contribution is -1.79. The number of hydrogen-bond acceptors (Lipinski definition) is 5. The number of aromatic nitrogens is 4. The van der Waals surface area contributed by atoms with Crippen molar-refractivity contribution >= 4 is 12.2 Å². The fourth-order valence-corrected chi connectivity index (χ4v) is 0.904.